The number of nitrogens with zero attached hydrogens (tertiary/aromatic N) is 3. The van der Waals surface area contributed by atoms with E-state index in [4.69, 9.17) is 4.99 Å². The quantitative estimate of drug-likeness (QED) is 0.142. The molecule has 37 heavy (non-hydrogen) atoms. The minimum atomic E-state index is -4.60. The summed E-state index contributed by atoms with van der Waals surface area (Å²) in [4.78, 5) is 11.6. The van der Waals surface area contributed by atoms with Gasteiger partial charge >= 0.3 is 6.18 Å². The molecule has 0 unspecified atom stereocenters. The number of hydrogen-bond donors (Lipinski definition) is 1. The minimum Gasteiger partial charge on any atom is -0.347 e. The highest BCUT2D eigenvalue weighted by Crippen LogP contribution is 2.26. The molecule has 0 aliphatic heterocycles. The Morgan fingerprint density at radius 3 is 2.24 bits per heavy atom. The molecule has 198 valence electrons. The largest absolute Gasteiger partial charge is 0.451 e. The molecule has 2 aromatic rings. The lowest BCUT2D eigenvalue weighted by molar-refractivity contribution is -0.145. The van der Waals surface area contributed by atoms with Crippen LogP contribution in [0.1, 0.15) is 70.3 Å². The van der Waals surface area contributed by atoms with Crippen molar-refractivity contribution in [1.29, 1.82) is 0 Å². The van der Waals surface area contributed by atoms with Crippen LogP contribution >= 0.6 is 0 Å². The van der Waals surface area contributed by atoms with Gasteiger partial charge in [-0.15, -0.1) is 0 Å². The monoisotopic (exact) mass is 514 g/mol. The molecule has 0 atom stereocenters. The van der Waals surface area contributed by atoms with Gasteiger partial charge in [-0.1, -0.05) is 57.0 Å². The van der Waals surface area contributed by atoms with Crippen LogP contribution in [0.15, 0.2) is 83.3 Å². The van der Waals surface area contributed by atoms with Crippen LogP contribution in [0.4, 0.5) is 17.6 Å². The van der Waals surface area contributed by atoms with Gasteiger partial charge < -0.3 is 5.32 Å². The Bertz CT molecular complexity index is 1140. The van der Waals surface area contributed by atoms with Gasteiger partial charge in [0.2, 0.25) is 5.82 Å². The molecule has 0 radical (unpaired) electrons. The summed E-state index contributed by atoms with van der Waals surface area (Å²) in [7, 11) is 0. The van der Waals surface area contributed by atoms with Crippen molar-refractivity contribution in [2.45, 2.75) is 66.1 Å². The van der Waals surface area contributed by atoms with E-state index in [1.807, 2.05) is 38.3 Å². The fourth-order valence-electron chi connectivity index (χ4n) is 3.32. The summed E-state index contributed by atoms with van der Waals surface area (Å²) >= 11 is 0. The maximum atomic E-state index is 13.5. The van der Waals surface area contributed by atoms with Gasteiger partial charge in [0.25, 0.3) is 0 Å². The summed E-state index contributed by atoms with van der Waals surface area (Å²) in [6, 6.07) is 6.26. The topological polar surface area (TPSA) is 50.2 Å². The zero-order valence-electron chi connectivity index (χ0n) is 21.7. The molecule has 1 aromatic heterocycles. The van der Waals surface area contributed by atoms with Gasteiger partial charge in [-0.25, -0.2) is 14.4 Å². The fraction of sp³-hybridized carbons (Fsp3) is 0.345. The maximum Gasteiger partial charge on any atom is 0.451 e. The van der Waals surface area contributed by atoms with E-state index < -0.39 is 12.0 Å². The lowest BCUT2D eigenvalue weighted by Crippen LogP contribution is -2.21. The van der Waals surface area contributed by atoms with Gasteiger partial charge in [0, 0.05) is 23.5 Å². The van der Waals surface area contributed by atoms with Crippen molar-refractivity contribution in [2.24, 2.45) is 4.99 Å². The normalized spacial score (nSPS) is 13.9. The van der Waals surface area contributed by atoms with Crippen molar-refractivity contribution >= 4 is 11.4 Å². The molecule has 0 spiro atoms. The molecule has 4 nitrogen and oxygen atoms in total. The second kappa shape index (κ2) is 14.9. The first-order valence-electron chi connectivity index (χ1n) is 12.3. The summed E-state index contributed by atoms with van der Waals surface area (Å²) in [6.07, 6.45) is 11.3. The summed E-state index contributed by atoms with van der Waals surface area (Å²) in [5.74, 6) is -0.943. The Hall–Kier alpha value is -3.55. The number of halogens is 4. The number of aliphatic imine (C=N–C) groups is 1. The van der Waals surface area contributed by atoms with Crippen molar-refractivity contribution in [3.63, 3.8) is 0 Å². The molecule has 8 heteroatoms. The second-order valence-electron chi connectivity index (χ2n) is 8.40. The average molecular weight is 515 g/mol. The Balaban J connectivity index is 2.54. The van der Waals surface area contributed by atoms with Gasteiger partial charge in [-0.2, -0.15) is 13.2 Å². The molecule has 1 heterocycles. The number of hydrogen-bond acceptors (Lipinski definition) is 3. The fourth-order valence-corrected chi connectivity index (χ4v) is 3.32. The molecule has 1 aromatic carbocycles. The molecule has 0 saturated carbocycles. The SMILES string of the molecule is C\C=C(/C=C(C(=NCc1cnc(C(F)(F)F)nc1)N/C=C/CCC)\C(C)=C\CCC)c1ccc(F)cc1. The zero-order chi connectivity index (χ0) is 27.3. The van der Waals surface area contributed by atoms with E-state index in [-0.39, 0.29) is 12.4 Å². The van der Waals surface area contributed by atoms with Crippen LogP contribution in [-0.2, 0) is 12.7 Å². The molecule has 0 aliphatic rings. The van der Waals surface area contributed by atoms with Crippen LogP contribution < -0.4 is 5.32 Å². The van der Waals surface area contributed by atoms with Crippen LogP contribution in [0.3, 0.4) is 0 Å². The van der Waals surface area contributed by atoms with Gasteiger partial charge in [-0.05, 0) is 67.8 Å². The van der Waals surface area contributed by atoms with Crippen LogP contribution in [0, 0.1) is 5.82 Å². The molecule has 0 bridgehead atoms. The number of nitrogens with one attached hydrogen (secondary N) is 1. The zero-order valence-corrected chi connectivity index (χ0v) is 21.7. The first-order chi connectivity index (χ1) is 17.7. The van der Waals surface area contributed by atoms with E-state index >= 15 is 0 Å². The Kier molecular flexibility index (Phi) is 11.9. The van der Waals surface area contributed by atoms with E-state index in [1.54, 1.807) is 12.1 Å². The molecule has 2 rings (SSSR count). The third kappa shape index (κ3) is 9.79. The highest BCUT2D eigenvalue weighted by atomic mass is 19.4. The highest BCUT2D eigenvalue weighted by molar-refractivity contribution is 6.04. The van der Waals surface area contributed by atoms with Crippen molar-refractivity contribution in [1.82, 2.24) is 15.3 Å². The number of aromatic nitrogens is 2. The third-order valence-corrected chi connectivity index (χ3v) is 5.38. The van der Waals surface area contributed by atoms with Crippen LogP contribution in [-0.4, -0.2) is 15.8 Å². The molecule has 0 aliphatic carbocycles. The van der Waals surface area contributed by atoms with Crippen molar-refractivity contribution in [2.75, 3.05) is 0 Å². The van der Waals surface area contributed by atoms with Crippen LogP contribution in [0.25, 0.3) is 5.57 Å². The van der Waals surface area contributed by atoms with Gasteiger partial charge in [0.05, 0.1) is 6.54 Å². The first kappa shape index (κ1) is 29.7. The predicted molar refractivity (Wildman–Crippen MR) is 142 cm³/mol. The summed E-state index contributed by atoms with van der Waals surface area (Å²) in [5.41, 5.74) is 3.98. The third-order valence-electron chi connectivity index (χ3n) is 5.38. The second-order valence-corrected chi connectivity index (χ2v) is 8.40. The standard InChI is InChI=1S/C29H34F4N4/c1-5-8-10-16-34-27(35-18-22-19-36-28(37-20-22)29(31,32)33)26(21(4)11-9-6-2)17-23(7-3)24-12-14-25(30)15-13-24/h7,10-17,19-20H,5-6,8-9,18H2,1-4H3,(H,34,35)/b16-10+,21-11+,23-7+,26-17+. The Morgan fingerprint density at radius 2 is 1.68 bits per heavy atom. The summed E-state index contributed by atoms with van der Waals surface area (Å²) in [6.45, 7) is 8.15. The first-order valence-corrected chi connectivity index (χ1v) is 12.3. The van der Waals surface area contributed by atoms with E-state index in [9.17, 15) is 17.6 Å². The number of allylic oxidation sites excluding steroid dienone is 5. The molecule has 0 saturated heterocycles. The summed E-state index contributed by atoms with van der Waals surface area (Å²) in [5, 5.41) is 3.26. The molecule has 1 N–H and O–H groups in total. The number of rotatable bonds is 11. The Morgan fingerprint density at radius 1 is 1.03 bits per heavy atom. The average Bonchev–Trinajstić information content (AvgIpc) is 2.88. The lowest BCUT2D eigenvalue weighted by Gasteiger charge is -2.15. The smallest absolute Gasteiger partial charge is 0.347 e. The van der Waals surface area contributed by atoms with Crippen molar-refractivity contribution in [3.8, 4) is 0 Å². The minimum absolute atomic E-state index is 0.0855. The van der Waals surface area contributed by atoms with Crippen LogP contribution in [0.2, 0.25) is 0 Å². The van der Waals surface area contributed by atoms with E-state index in [1.165, 1.54) is 12.1 Å². The van der Waals surface area contributed by atoms with Crippen LogP contribution in [0.5, 0.6) is 0 Å². The Labute approximate surface area is 216 Å². The molecular weight excluding hydrogens is 480 g/mol. The summed E-state index contributed by atoms with van der Waals surface area (Å²) < 4.78 is 52.0. The van der Waals surface area contributed by atoms with E-state index in [2.05, 4.69) is 35.2 Å². The van der Waals surface area contributed by atoms with E-state index in [0.29, 0.717) is 11.4 Å². The maximum absolute atomic E-state index is 13.5. The highest BCUT2D eigenvalue weighted by Gasteiger charge is 2.34. The molecule has 0 fully saturated rings. The number of alkyl halides is 3. The predicted octanol–water partition coefficient (Wildman–Crippen LogP) is 8.21. The lowest BCUT2D eigenvalue weighted by atomic mass is 9.97. The molecule has 0 amide bonds. The number of unbranched alkanes of at least 4 members (excludes halogenated alkanes) is 2. The molecular formula is C29H34F4N4. The van der Waals surface area contributed by atoms with E-state index in [0.717, 1.165) is 60.4 Å². The van der Waals surface area contributed by atoms with Crippen molar-refractivity contribution < 1.29 is 17.6 Å². The van der Waals surface area contributed by atoms with Gasteiger partial charge in [0.1, 0.15) is 11.7 Å². The van der Waals surface area contributed by atoms with Crippen molar-refractivity contribution in [3.05, 3.63) is 101 Å². The number of benzene rings is 1. The van der Waals surface area contributed by atoms with Gasteiger partial charge in [-0.3, -0.25) is 4.99 Å². The number of amidine groups is 1. The van der Waals surface area contributed by atoms with Gasteiger partial charge in [0.15, 0.2) is 0 Å².